The van der Waals surface area contributed by atoms with Crippen LogP contribution >= 0.6 is 0 Å². The van der Waals surface area contributed by atoms with Crippen molar-refractivity contribution in [2.24, 2.45) is 11.8 Å². The zero-order chi connectivity index (χ0) is 24.9. The van der Waals surface area contributed by atoms with E-state index in [-0.39, 0.29) is 17.5 Å². The summed E-state index contributed by atoms with van der Waals surface area (Å²) < 4.78 is 0. The number of nitrogens with zero attached hydrogens (tertiary/aromatic N) is 3. The molecule has 5 rings (SSSR count). The van der Waals surface area contributed by atoms with E-state index in [9.17, 15) is 14.9 Å². The minimum atomic E-state index is -0.436. The number of non-ortho nitro benzene ring substituents is 1. The number of nitro benzene ring substituents is 1. The third-order valence-corrected chi connectivity index (χ3v) is 7.85. The number of hydrogen-bond acceptors (Lipinski definition) is 4. The fourth-order valence-electron chi connectivity index (χ4n) is 5.86. The molecule has 2 fully saturated rings. The van der Waals surface area contributed by atoms with Crippen LogP contribution in [0.25, 0.3) is 0 Å². The Morgan fingerprint density at radius 2 is 1.50 bits per heavy atom. The fraction of sp³-hybridized carbons (Fsp3) is 0.367. The lowest BCUT2D eigenvalue weighted by molar-refractivity contribution is -0.384. The molecule has 0 radical (unpaired) electrons. The Balaban J connectivity index is 1.24. The summed E-state index contributed by atoms with van der Waals surface area (Å²) in [6.07, 6.45) is 3.58. The van der Waals surface area contributed by atoms with E-state index in [0.29, 0.717) is 24.6 Å². The van der Waals surface area contributed by atoms with E-state index in [1.807, 2.05) is 11.0 Å². The van der Waals surface area contributed by atoms with Gasteiger partial charge in [-0.3, -0.25) is 14.9 Å². The first-order valence-electron chi connectivity index (χ1n) is 12.9. The predicted octanol–water partition coefficient (Wildman–Crippen LogP) is 5.41. The molecule has 1 amide bonds. The van der Waals surface area contributed by atoms with Gasteiger partial charge >= 0.3 is 0 Å². The molecular formula is C30H33N3O3. The molecule has 0 aliphatic carbocycles. The Hall–Kier alpha value is -3.51. The number of carbonyl (C=O) groups excluding carboxylic acids is 1. The standard InChI is InChI=1S/C30H33N3O3/c34-30(26-11-13-28(14-12-26)33(35)36)32-21-27(29(22-32)25-9-5-2-6-10-25)20-31-17-15-24(16-18-31)19-23-7-3-1-4-8-23/h1-14,24,27,29H,15-22H2/t27-,29-/m1/s1. The van der Waals surface area contributed by atoms with Crippen LogP contribution in [0.4, 0.5) is 5.69 Å². The summed E-state index contributed by atoms with van der Waals surface area (Å²) >= 11 is 0. The summed E-state index contributed by atoms with van der Waals surface area (Å²) in [5.41, 5.74) is 3.22. The van der Waals surface area contributed by atoms with Crippen LogP contribution < -0.4 is 0 Å². The van der Waals surface area contributed by atoms with Gasteiger partial charge in [-0.25, -0.2) is 0 Å². The summed E-state index contributed by atoms with van der Waals surface area (Å²) in [5.74, 6) is 1.34. The first-order valence-corrected chi connectivity index (χ1v) is 12.9. The molecule has 0 unspecified atom stereocenters. The van der Waals surface area contributed by atoms with Crippen molar-refractivity contribution < 1.29 is 9.72 Å². The molecule has 2 aliphatic heterocycles. The topological polar surface area (TPSA) is 66.7 Å². The lowest BCUT2D eigenvalue weighted by atomic mass is 9.86. The van der Waals surface area contributed by atoms with Gasteiger partial charge in [0.1, 0.15) is 0 Å². The van der Waals surface area contributed by atoms with Crippen molar-refractivity contribution in [2.45, 2.75) is 25.2 Å². The molecular weight excluding hydrogens is 450 g/mol. The summed E-state index contributed by atoms with van der Waals surface area (Å²) in [5, 5.41) is 11.0. The molecule has 0 aromatic heterocycles. The van der Waals surface area contributed by atoms with Crippen molar-refractivity contribution in [3.63, 3.8) is 0 Å². The first kappa shape index (κ1) is 24.2. The molecule has 3 aromatic rings. The molecule has 2 saturated heterocycles. The molecule has 0 bridgehead atoms. The molecule has 3 aromatic carbocycles. The van der Waals surface area contributed by atoms with Gasteiger partial charge in [0.15, 0.2) is 0 Å². The smallest absolute Gasteiger partial charge is 0.269 e. The molecule has 36 heavy (non-hydrogen) atoms. The average molecular weight is 484 g/mol. The number of benzene rings is 3. The molecule has 2 heterocycles. The van der Waals surface area contributed by atoms with Gasteiger partial charge in [-0.2, -0.15) is 0 Å². The number of carbonyl (C=O) groups is 1. The Labute approximate surface area is 212 Å². The molecule has 186 valence electrons. The molecule has 6 nitrogen and oxygen atoms in total. The fourth-order valence-corrected chi connectivity index (χ4v) is 5.86. The van der Waals surface area contributed by atoms with Gasteiger partial charge in [0.2, 0.25) is 0 Å². The zero-order valence-electron chi connectivity index (χ0n) is 20.5. The molecule has 2 aliphatic rings. The van der Waals surface area contributed by atoms with Crippen LogP contribution in [0.1, 0.15) is 40.2 Å². The van der Waals surface area contributed by atoms with Crippen molar-refractivity contribution in [1.82, 2.24) is 9.80 Å². The molecule has 0 saturated carbocycles. The minimum absolute atomic E-state index is 0.00341. The minimum Gasteiger partial charge on any atom is -0.338 e. The second-order valence-electron chi connectivity index (χ2n) is 10.2. The molecule has 2 atom stereocenters. The van der Waals surface area contributed by atoms with Gasteiger partial charge in [-0.15, -0.1) is 0 Å². The van der Waals surface area contributed by atoms with Crippen molar-refractivity contribution in [2.75, 3.05) is 32.7 Å². The first-order chi connectivity index (χ1) is 17.6. The quantitative estimate of drug-likeness (QED) is 0.333. The van der Waals surface area contributed by atoms with E-state index in [2.05, 4.69) is 59.5 Å². The van der Waals surface area contributed by atoms with Gasteiger partial charge < -0.3 is 9.80 Å². The summed E-state index contributed by atoms with van der Waals surface area (Å²) in [6.45, 7) is 4.58. The van der Waals surface area contributed by atoms with Crippen molar-refractivity contribution in [1.29, 1.82) is 0 Å². The Morgan fingerprint density at radius 3 is 2.14 bits per heavy atom. The summed E-state index contributed by atoms with van der Waals surface area (Å²) in [4.78, 5) is 28.4. The van der Waals surface area contributed by atoms with Crippen LogP contribution in [0.5, 0.6) is 0 Å². The maximum absolute atomic E-state index is 13.3. The highest BCUT2D eigenvalue weighted by Gasteiger charge is 2.37. The Bertz CT molecular complexity index is 1160. The molecule has 6 heteroatoms. The van der Waals surface area contributed by atoms with E-state index in [4.69, 9.17) is 0 Å². The number of hydrogen-bond donors (Lipinski definition) is 0. The van der Waals surface area contributed by atoms with E-state index in [1.165, 1.54) is 36.1 Å². The van der Waals surface area contributed by atoms with E-state index in [1.54, 1.807) is 12.1 Å². The largest absolute Gasteiger partial charge is 0.338 e. The Morgan fingerprint density at radius 1 is 0.861 bits per heavy atom. The van der Waals surface area contributed by atoms with Crippen LogP contribution in [0.3, 0.4) is 0 Å². The third kappa shape index (κ3) is 5.65. The highest BCUT2D eigenvalue weighted by atomic mass is 16.6. The monoisotopic (exact) mass is 483 g/mol. The number of likely N-dealkylation sites (tertiary alicyclic amines) is 2. The summed E-state index contributed by atoms with van der Waals surface area (Å²) in [6, 6.07) is 27.3. The highest BCUT2D eigenvalue weighted by Crippen LogP contribution is 2.35. The highest BCUT2D eigenvalue weighted by molar-refractivity contribution is 5.94. The number of rotatable bonds is 7. The third-order valence-electron chi connectivity index (χ3n) is 7.85. The predicted molar refractivity (Wildman–Crippen MR) is 141 cm³/mol. The lowest BCUT2D eigenvalue weighted by Crippen LogP contribution is -2.39. The van der Waals surface area contributed by atoms with Crippen LogP contribution in [-0.4, -0.2) is 53.4 Å². The van der Waals surface area contributed by atoms with Gasteiger partial charge in [0.25, 0.3) is 11.6 Å². The Kier molecular flexibility index (Phi) is 7.42. The number of nitro groups is 1. The zero-order valence-corrected chi connectivity index (χ0v) is 20.5. The second-order valence-corrected chi connectivity index (χ2v) is 10.2. The van der Waals surface area contributed by atoms with Gasteiger partial charge in [-0.05, 0) is 67.4 Å². The van der Waals surface area contributed by atoms with Crippen molar-refractivity contribution in [3.05, 3.63) is 112 Å². The average Bonchev–Trinajstić information content (AvgIpc) is 3.34. The normalized spacial score (nSPS) is 20.9. The van der Waals surface area contributed by atoms with E-state index >= 15 is 0 Å². The summed E-state index contributed by atoms with van der Waals surface area (Å²) in [7, 11) is 0. The van der Waals surface area contributed by atoms with E-state index < -0.39 is 4.92 Å². The van der Waals surface area contributed by atoms with E-state index in [0.717, 1.165) is 32.0 Å². The van der Waals surface area contributed by atoms with Crippen LogP contribution in [0.15, 0.2) is 84.9 Å². The second kappa shape index (κ2) is 11.0. The van der Waals surface area contributed by atoms with Gasteiger partial charge in [0.05, 0.1) is 4.92 Å². The van der Waals surface area contributed by atoms with Crippen LogP contribution in [0, 0.1) is 22.0 Å². The molecule has 0 N–H and O–H groups in total. The van der Waals surface area contributed by atoms with Crippen LogP contribution in [0.2, 0.25) is 0 Å². The van der Waals surface area contributed by atoms with Crippen LogP contribution in [-0.2, 0) is 6.42 Å². The lowest BCUT2D eigenvalue weighted by Gasteiger charge is -2.34. The van der Waals surface area contributed by atoms with Gasteiger partial charge in [0, 0.05) is 43.2 Å². The maximum atomic E-state index is 13.3. The van der Waals surface area contributed by atoms with Crippen molar-refractivity contribution in [3.8, 4) is 0 Å². The van der Waals surface area contributed by atoms with Crippen molar-refractivity contribution >= 4 is 11.6 Å². The van der Waals surface area contributed by atoms with Gasteiger partial charge in [-0.1, -0.05) is 60.7 Å². The maximum Gasteiger partial charge on any atom is 0.269 e. The SMILES string of the molecule is O=C(c1ccc([N+](=O)[O-])cc1)N1C[C@@H](CN2CCC(Cc3ccccc3)CC2)[C@@H](c2ccccc2)C1. The number of amides is 1. The molecule has 0 spiro atoms. The number of piperidine rings is 1.